The van der Waals surface area contributed by atoms with E-state index in [1.165, 1.54) is 12.1 Å². The number of carboxylic acid groups (broad SMARTS) is 1. The predicted molar refractivity (Wildman–Crippen MR) is 76.4 cm³/mol. The van der Waals surface area contributed by atoms with Gasteiger partial charge in [0.1, 0.15) is 11.9 Å². The van der Waals surface area contributed by atoms with Crippen molar-refractivity contribution in [2.24, 2.45) is 0 Å². The average Bonchev–Trinajstić information content (AvgIpc) is 3.27. The minimum Gasteiger partial charge on any atom is -0.478 e. The van der Waals surface area contributed by atoms with E-state index in [1.807, 2.05) is 6.92 Å². The molecule has 0 amide bonds. The number of carbonyl (C=O) groups is 1. The zero-order valence-corrected chi connectivity index (χ0v) is 12.1. The van der Waals surface area contributed by atoms with Crippen molar-refractivity contribution in [3.05, 3.63) is 40.7 Å². The van der Waals surface area contributed by atoms with Gasteiger partial charge in [-0.15, -0.1) is 0 Å². The molecule has 1 aliphatic rings. The Morgan fingerprint density at radius 2 is 2.33 bits per heavy atom. The number of rotatable bonds is 7. The Balaban J connectivity index is 2.27. The first-order valence-electron chi connectivity index (χ1n) is 6.98. The minimum absolute atomic E-state index is 0.130. The van der Waals surface area contributed by atoms with E-state index >= 15 is 0 Å². The van der Waals surface area contributed by atoms with Crippen LogP contribution in [0.15, 0.2) is 23.8 Å². The molecular weight excluding hydrogens is 275 g/mol. The molecule has 0 saturated carbocycles. The molecule has 1 N–H and O–H groups in total. The van der Waals surface area contributed by atoms with Crippen molar-refractivity contribution in [1.82, 2.24) is 0 Å². The SMILES string of the molecule is CCC(=Cc1c(F)cccc1[C@@H](C)OC[C@H]1CO1)C(=O)O. The maximum atomic E-state index is 14.1. The Bertz CT molecular complexity index is 549. The van der Waals surface area contributed by atoms with Gasteiger partial charge < -0.3 is 14.6 Å². The summed E-state index contributed by atoms with van der Waals surface area (Å²) in [5.41, 5.74) is 1.09. The summed E-state index contributed by atoms with van der Waals surface area (Å²) >= 11 is 0. The molecule has 0 aromatic heterocycles. The molecule has 2 atom stereocenters. The quantitative estimate of drug-likeness (QED) is 0.620. The number of hydrogen-bond acceptors (Lipinski definition) is 3. The first kappa shape index (κ1) is 15.7. The molecule has 114 valence electrons. The highest BCUT2D eigenvalue weighted by molar-refractivity contribution is 5.92. The molecule has 0 bridgehead atoms. The predicted octanol–water partition coefficient (Wildman–Crippen LogP) is 3.18. The summed E-state index contributed by atoms with van der Waals surface area (Å²) in [6, 6.07) is 4.67. The van der Waals surface area contributed by atoms with Gasteiger partial charge in [-0.2, -0.15) is 0 Å². The van der Waals surface area contributed by atoms with E-state index in [2.05, 4.69) is 0 Å². The van der Waals surface area contributed by atoms with Gasteiger partial charge in [-0.05, 0) is 31.1 Å². The second kappa shape index (κ2) is 6.83. The Labute approximate surface area is 123 Å². The molecule has 0 aliphatic carbocycles. The van der Waals surface area contributed by atoms with E-state index in [0.717, 1.165) is 0 Å². The number of hydrogen-bond donors (Lipinski definition) is 1. The van der Waals surface area contributed by atoms with Crippen LogP contribution < -0.4 is 0 Å². The second-order valence-electron chi connectivity index (χ2n) is 5.00. The monoisotopic (exact) mass is 294 g/mol. The number of ether oxygens (including phenoxy) is 2. The van der Waals surface area contributed by atoms with Gasteiger partial charge in [0.25, 0.3) is 0 Å². The molecular formula is C16H19FO4. The number of carboxylic acids is 1. The van der Waals surface area contributed by atoms with Gasteiger partial charge >= 0.3 is 5.97 Å². The van der Waals surface area contributed by atoms with E-state index in [1.54, 1.807) is 19.1 Å². The van der Waals surface area contributed by atoms with Gasteiger partial charge in [0, 0.05) is 11.1 Å². The summed E-state index contributed by atoms with van der Waals surface area (Å²) in [6.45, 7) is 4.70. The topological polar surface area (TPSA) is 59.1 Å². The Kier molecular flexibility index (Phi) is 5.09. The molecule has 1 aromatic carbocycles. The second-order valence-corrected chi connectivity index (χ2v) is 5.00. The van der Waals surface area contributed by atoms with Crippen LogP contribution in [0.3, 0.4) is 0 Å². The molecule has 1 saturated heterocycles. The summed E-state index contributed by atoms with van der Waals surface area (Å²) in [4.78, 5) is 11.1. The minimum atomic E-state index is -1.04. The van der Waals surface area contributed by atoms with Crippen molar-refractivity contribution >= 4 is 12.0 Å². The van der Waals surface area contributed by atoms with Crippen molar-refractivity contribution in [2.75, 3.05) is 13.2 Å². The number of aliphatic carboxylic acids is 1. The lowest BCUT2D eigenvalue weighted by Crippen LogP contribution is -2.09. The number of epoxide rings is 1. The highest BCUT2D eigenvalue weighted by atomic mass is 19.1. The van der Waals surface area contributed by atoms with Gasteiger partial charge in [0.2, 0.25) is 0 Å². The summed E-state index contributed by atoms with van der Waals surface area (Å²) in [7, 11) is 0. The third-order valence-corrected chi connectivity index (χ3v) is 3.43. The Morgan fingerprint density at radius 3 is 2.90 bits per heavy atom. The van der Waals surface area contributed by atoms with Crippen LogP contribution >= 0.6 is 0 Å². The van der Waals surface area contributed by atoms with Crippen LogP contribution in [0, 0.1) is 5.82 Å². The zero-order chi connectivity index (χ0) is 15.4. The number of benzene rings is 1. The average molecular weight is 294 g/mol. The fraction of sp³-hybridized carbons (Fsp3) is 0.438. The molecule has 0 unspecified atom stereocenters. The molecule has 1 aliphatic heterocycles. The van der Waals surface area contributed by atoms with Gasteiger partial charge in [-0.1, -0.05) is 19.1 Å². The van der Waals surface area contributed by atoms with Crippen molar-refractivity contribution in [2.45, 2.75) is 32.5 Å². The van der Waals surface area contributed by atoms with Crippen LogP contribution in [0.4, 0.5) is 4.39 Å². The molecule has 5 heteroatoms. The smallest absolute Gasteiger partial charge is 0.331 e. The van der Waals surface area contributed by atoms with Crippen LogP contribution in [-0.2, 0) is 14.3 Å². The van der Waals surface area contributed by atoms with Gasteiger partial charge in [0.05, 0.1) is 19.3 Å². The lowest BCUT2D eigenvalue weighted by atomic mass is 9.99. The van der Waals surface area contributed by atoms with E-state index < -0.39 is 11.8 Å². The van der Waals surface area contributed by atoms with Gasteiger partial charge in [-0.3, -0.25) is 0 Å². The highest BCUT2D eigenvalue weighted by Crippen LogP contribution is 2.27. The molecule has 1 aromatic rings. The summed E-state index contributed by atoms with van der Waals surface area (Å²) in [5, 5.41) is 9.10. The summed E-state index contributed by atoms with van der Waals surface area (Å²) in [5.74, 6) is -1.48. The van der Waals surface area contributed by atoms with E-state index in [-0.39, 0.29) is 23.3 Å². The maximum Gasteiger partial charge on any atom is 0.331 e. The molecule has 21 heavy (non-hydrogen) atoms. The molecule has 0 spiro atoms. The Hall–Kier alpha value is -1.72. The van der Waals surface area contributed by atoms with E-state index in [9.17, 15) is 9.18 Å². The third-order valence-electron chi connectivity index (χ3n) is 3.43. The summed E-state index contributed by atoms with van der Waals surface area (Å²) < 4.78 is 24.8. The zero-order valence-electron chi connectivity index (χ0n) is 12.1. The molecule has 4 nitrogen and oxygen atoms in total. The van der Waals surface area contributed by atoms with Gasteiger partial charge in [-0.25, -0.2) is 9.18 Å². The maximum absolute atomic E-state index is 14.1. The van der Waals surface area contributed by atoms with Crippen LogP contribution in [0.5, 0.6) is 0 Å². The van der Waals surface area contributed by atoms with Gasteiger partial charge in [0.15, 0.2) is 0 Å². The highest BCUT2D eigenvalue weighted by Gasteiger charge is 2.24. The lowest BCUT2D eigenvalue weighted by Gasteiger charge is -2.16. The van der Waals surface area contributed by atoms with E-state index in [0.29, 0.717) is 25.2 Å². The van der Waals surface area contributed by atoms with Crippen molar-refractivity contribution in [3.8, 4) is 0 Å². The summed E-state index contributed by atoms with van der Waals surface area (Å²) in [6.07, 6.45) is 1.52. The first-order valence-corrected chi connectivity index (χ1v) is 6.98. The largest absolute Gasteiger partial charge is 0.478 e. The Morgan fingerprint density at radius 1 is 1.62 bits per heavy atom. The van der Waals surface area contributed by atoms with Crippen LogP contribution in [-0.4, -0.2) is 30.4 Å². The molecule has 1 fully saturated rings. The molecule has 2 rings (SSSR count). The van der Waals surface area contributed by atoms with Crippen LogP contribution in [0.2, 0.25) is 0 Å². The fourth-order valence-electron chi connectivity index (χ4n) is 2.06. The van der Waals surface area contributed by atoms with Crippen molar-refractivity contribution in [1.29, 1.82) is 0 Å². The molecule has 1 heterocycles. The third kappa shape index (κ3) is 4.12. The fourth-order valence-corrected chi connectivity index (χ4v) is 2.06. The molecule has 0 radical (unpaired) electrons. The first-order chi connectivity index (χ1) is 10.0. The standard InChI is InChI=1S/C16H19FO4/c1-3-11(16(18)19)7-14-13(5-4-6-15(14)17)10(2)20-8-12-9-21-12/h4-7,10,12H,3,8-9H2,1-2H3,(H,18,19)/t10-,12+/m1/s1. The van der Waals surface area contributed by atoms with Crippen LogP contribution in [0.25, 0.3) is 6.08 Å². The normalized spacial score (nSPS) is 19.4. The van der Waals surface area contributed by atoms with Crippen molar-refractivity contribution < 1.29 is 23.8 Å². The van der Waals surface area contributed by atoms with Crippen LogP contribution in [0.1, 0.15) is 37.5 Å². The lowest BCUT2D eigenvalue weighted by molar-refractivity contribution is -0.132. The number of halogens is 1. The van der Waals surface area contributed by atoms with E-state index in [4.69, 9.17) is 14.6 Å². The van der Waals surface area contributed by atoms with Crippen molar-refractivity contribution in [3.63, 3.8) is 0 Å².